The molecule has 1 aliphatic rings. The van der Waals surface area contributed by atoms with Crippen LogP contribution in [-0.4, -0.2) is 24.6 Å². The van der Waals surface area contributed by atoms with E-state index in [2.05, 4.69) is 16.4 Å². The second-order valence-corrected chi connectivity index (χ2v) is 4.76. The molecule has 2 heterocycles. The van der Waals surface area contributed by atoms with Gasteiger partial charge in [-0.05, 0) is 30.2 Å². The lowest BCUT2D eigenvalue weighted by molar-refractivity contribution is 0.0595. The van der Waals surface area contributed by atoms with E-state index in [-0.39, 0.29) is 0 Å². The molecule has 0 aliphatic carbocycles. The predicted octanol–water partition coefficient (Wildman–Crippen LogP) is 2.42. The van der Waals surface area contributed by atoms with E-state index < -0.39 is 5.97 Å². The Morgan fingerprint density at radius 1 is 1.29 bits per heavy atom. The fourth-order valence-electron chi connectivity index (χ4n) is 2.30. The summed E-state index contributed by atoms with van der Waals surface area (Å²) in [5.74, 6) is 1.02. The summed E-state index contributed by atoms with van der Waals surface area (Å²) in [6, 6.07) is 11.0. The van der Waals surface area contributed by atoms with Gasteiger partial charge in [0.25, 0.3) is 0 Å². The van der Waals surface area contributed by atoms with E-state index in [1.54, 1.807) is 18.2 Å². The van der Waals surface area contributed by atoms with Crippen LogP contribution in [0.3, 0.4) is 0 Å². The van der Waals surface area contributed by atoms with Crippen molar-refractivity contribution in [1.82, 2.24) is 4.98 Å². The molecule has 0 bridgehead atoms. The highest BCUT2D eigenvalue weighted by Gasteiger charge is 2.14. The number of para-hydroxylation sites is 1. The van der Waals surface area contributed by atoms with E-state index in [1.165, 1.54) is 12.7 Å². The first-order valence-corrected chi connectivity index (χ1v) is 6.81. The SMILES string of the molecule is COC(=O)c1ccccc1OCc1ccc2c(n1)NCC2. The first-order chi connectivity index (χ1) is 10.3. The number of nitrogens with one attached hydrogen (secondary N) is 1. The second kappa shape index (κ2) is 5.83. The summed E-state index contributed by atoms with van der Waals surface area (Å²) in [5.41, 5.74) is 2.47. The van der Waals surface area contributed by atoms with Crippen molar-refractivity contribution in [2.24, 2.45) is 0 Å². The Balaban J connectivity index is 1.75. The highest BCUT2D eigenvalue weighted by Crippen LogP contribution is 2.22. The molecule has 0 amide bonds. The largest absolute Gasteiger partial charge is 0.486 e. The smallest absolute Gasteiger partial charge is 0.341 e. The Hall–Kier alpha value is -2.56. The van der Waals surface area contributed by atoms with E-state index in [9.17, 15) is 4.79 Å². The minimum atomic E-state index is -0.408. The number of esters is 1. The third kappa shape index (κ3) is 2.81. The summed E-state index contributed by atoms with van der Waals surface area (Å²) in [6.45, 7) is 1.24. The number of ether oxygens (including phenoxy) is 2. The Kier molecular flexibility index (Phi) is 3.73. The van der Waals surface area contributed by atoms with E-state index in [0.717, 1.165) is 24.5 Å². The Morgan fingerprint density at radius 3 is 3.00 bits per heavy atom. The molecule has 1 aromatic carbocycles. The van der Waals surface area contributed by atoms with Crippen LogP contribution in [0, 0.1) is 0 Å². The minimum absolute atomic E-state index is 0.308. The molecular weight excluding hydrogens is 268 g/mol. The molecule has 0 saturated heterocycles. The van der Waals surface area contributed by atoms with Crippen molar-refractivity contribution in [2.75, 3.05) is 19.0 Å². The molecule has 1 N–H and O–H groups in total. The molecule has 0 fully saturated rings. The average Bonchev–Trinajstić information content (AvgIpc) is 3.00. The molecule has 108 valence electrons. The number of rotatable bonds is 4. The molecule has 1 aliphatic heterocycles. The quantitative estimate of drug-likeness (QED) is 0.874. The number of aromatic nitrogens is 1. The molecule has 0 atom stereocenters. The first-order valence-electron chi connectivity index (χ1n) is 6.81. The summed E-state index contributed by atoms with van der Waals surface area (Å²) in [4.78, 5) is 16.2. The predicted molar refractivity (Wildman–Crippen MR) is 78.5 cm³/mol. The maximum absolute atomic E-state index is 11.7. The van der Waals surface area contributed by atoms with Crippen molar-refractivity contribution in [3.8, 4) is 5.75 Å². The van der Waals surface area contributed by atoms with Crippen molar-refractivity contribution in [3.05, 3.63) is 53.2 Å². The molecule has 1 aromatic heterocycles. The fraction of sp³-hybridized carbons (Fsp3) is 0.250. The summed E-state index contributed by atoms with van der Waals surface area (Å²) < 4.78 is 10.5. The summed E-state index contributed by atoms with van der Waals surface area (Å²) >= 11 is 0. The number of methoxy groups -OCH3 is 1. The van der Waals surface area contributed by atoms with Crippen molar-refractivity contribution in [2.45, 2.75) is 13.0 Å². The standard InChI is InChI=1S/C16H16N2O3/c1-20-16(19)13-4-2-3-5-14(13)21-10-12-7-6-11-8-9-17-15(11)18-12/h2-7H,8-10H2,1H3,(H,17,18). The highest BCUT2D eigenvalue weighted by molar-refractivity contribution is 5.92. The van der Waals surface area contributed by atoms with Crippen LogP contribution in [0.1, 0.15) is 21.6 Å². The van der Waals surface area contributed by atoms with Crippen LogP contribution in [0.25, 0.3) is 0 Å². The minimum Gasteiger partial charge on any atom is -0.486 e. The normalized spacial score (nSPS) is 12.4. The van der Waals surface area contributed by atoms with Crippen LogP contribution in [0.4, 0.5) is 5.82 Å². The van der Waals surface area contributed by atoms with Crippen molar-refractivity contribution in [3.63, 3.8) is 0 Å². The van der Waals surface area contributed by atoms with Gasteiger partial charge in [0.2, 0.25) is 0 Å². The zero-order valence-corrected chi connectivity index (χ0v) is 11.8. The van der Waals surface area contributed by atoms with E-state index in [4.69, 9.17) is 9.47 Å². The molecule has 0 spiro atoms. The van der Waals surface area contributed by atoms with Crippen LogP contribution in [0.15, 0.2) is 36.4 Å². The number of nitrogens with zero attached hydrogens (tertiary/aromatic N) is 1. The van der Waals surface area contributed by atoms with Gasteiger partial charge in [0, 0.05) is 6.54 Å². The fourth-order valence-corrected chi connectivity index (χ4v) is 2.30. The Morgan fingerprint density at radius 2 is 2.14 bits per heavy atom. The van der Waals surface area contributed by atoms with Gasteiger partial charge in [0.1, 0.15) is 23.7 Å². The number of hydrogen-bond donors (Lipinski definition) is 1. The second-order valence-electron chi connectivity index (χ2n) is 4.76. The van der Waals surface area contributed by atoms with Gasteiger partial charge >= 0.3 is 5.97 Å². The highest BCUT2D eigenvalue weighted by atomic mass is 16.5. The summed E-state index contributed by atoms with van der Waals surface area (Å²) in [7, 11) is 1.35. The number of hydrogen-bond acceptors (Lipinski definition) is 5. The first kappa shape index (κ1) is 13.4. The molecule has 3 rings (SSSR count). The molecule has 2 aromatic rings. The monoisotopic (exact) mass is 284 g/mol. The van der Waals surface area contributed by atoms with Gasteiger partial charge in [-0.15, -0.1) is 0 Å². The van der Waals surface area contributed by atoms with Crippen molar-refractivity contribution >= 4 is 11.8 Å². The van der Waals surface area contributed by atoms with Gasteiger partial charge in [-0.1, -0.05) is 18.2 Å². The summed E-state index contributed by atoms with van der Waals surface area (Å²) in [5, 5.41) is 3.24. The lowest BCUT2D eigenvalue weighted by Gasteiger charge is -2.10. The van der Waals surface area contributed by atoms with Crippen LogP contribution in [-0.2, 0) is 17.8 Å². The lowest BCUT2D eigenvalue weighted by Crippen LogP contribution is -2.06. The Bertz CT molecular complexity index is 670. The average molecular weight is 284 g/mol. The number of fused-ring (bicyclic) bond motifs is 1. The number of pyridine rings is 1. The van der Waals surface area contributed by atoms with Crippen LogP contribution < -0.4 is 10.1 Å². The van der Waals surface area contributed by atoms with Crippen molar-refractivity contribution < 1.29 is 14.3 Å². The molecule has 5 nitrogen and oxygen atoms in total. The maximum atomic E-state index is 11.7. The van der Waals surface area contributed by atoms with Gasteiger partial charge < -0.3 is 14.8 Å². The zero-order valence-electron chi connectivity index (χ0n) is 11.8. The Labute approximate surface area is 122 Å². The molecule has 0 saturated carbocycles. The van der Waals surface area contributed by atoms with Crippen LogP contribution in [0.5, 0.6) is 5.75 Å². The van der Waals surface area contributed by atoms with Gasteiger partial charge in [0.15, 0.2) is 0 Å². The van der Waals surface area contributed by atoms with E-state index in [1.807, 2.05) is 12.1 Å². The number of carbonyl (C=O) groups excluding carboxylic acids is 1. The van der Waals surface area contributed by atoms with Crippen LogP contribution in [0.2, 0.25) is 0 Å². The van der Waals surface area contributed by atoms with Gasteiger partial charge in [0.05, 0.1) is 12.8 Å². The van der Waals surface area contributed by atoms with Gasteiger partial charge in [-0.2, -0.15) is 0 Å². The summed E-state index contributed by atoms with van der Waals surface area (Å²) in [6.07, 6.45) is 1.01. The van der Waals surface area contributed by atoms with Crippen molar-refractivity contribution in [1.29, 1.82) is 0 Å². The number of benzene rings is 1. The third-order valence-corrected chi connectivity index (χ3v) is 3.39. The molecule has 21 heavy (non-hydrogen) atoms. The lowest BCUT2D eigenvalue weighted by atomic mass is 10.2. The molecule has 5 heteroatoms. The molecule has 0 radical (unpaired) electrons. The van der Waals surface area contributed by atoms with Crippen LogP contribution >= 0.6 is 0 Å². The van der Waals surface area contributed by atoms with Gasteiger partial charge in [-0.3, -0.25) is 0 Å². The number of anilines is 1. The molecule has 0 unspecified atom stereocenters. The maximum Gasteiger partial charge on any atom is 0.341 e. The third-order valence-electron chi connectivity index (χ3n) is 3.39. The van der Waals surface area contributed by atoms with E-state index >= 15 is 0 Å². The van der Waals surface area contributed by atoms with E-state index in [0.29, 0.717) is 17.9 Å². The topological polar surface area (TPSA) is 60.5 Å². The number of carbonyl (C=O) groups is 1. The molecular formula is C16H16N2O3. The van der Waals surface area contributed by atoms with Gasteiger partial charge in [-0.25, -0.2) is 9.78 Å². The zero-order chi connectivity index (χ0) is 14.7.